The van der Waals surface area contributed by atoms with Gasteiger partial charge in [0.2, 0.25) is 0 Å². The molecule has 2 heterocycles. The second-order valence-electron chi connectivity index (χ2n) is 4.97. The van der Waals surface area contributed by atoms with Crippen molar-refractivity contribution in [3.8, 4) is 11.5 Å². The number of hydrogen-bond donors (Lipinski definition) is 1. The summed E-state index contributed by atoms with van der Waals surface area (Å²) >= 11 is 0. The Labute approximate surface area is 124 Å². The van der Waals surface area contributed by atoms with E-state index in [1.54, 1.807) is 14.2 Å². The number of fused-ring (bicyclic) bond motifs is 2. The van der Waals surface area contributed by atoms with Crippen LogP contribution < -0.4 is 14.8 Å². The highest BCUT2D eigenvalue weighted by Gasteiger charge is 2.21. The first kappa shape index (κ1) is 13.9. The van der Waals surface area contributed by atoms with Crippen molar-refractivity contribution in [3.05, 3.63) is 23.4 Å². The van der Waals surface area contributed by atoms with Gasteiger partial charge in [-0.25, -0.2) is 0 Å². The van der Waals surface area contributed by atoms with Crippen molar-refractivity contribution in [1.29, 1.82) is 0 Å². The van der Waals surface area contributed by atoms with Crippen molar-refractivity contribution in [2.75, 3.05) is 32.7 Å². The molecule has 1 aliphatic heterocycles. The molecule has 1 aliphatic rings. The van der Waals surface area contributed by atoms with E-state index >= 15 is 0 Å². The van der Waals surface area contributed by atoms with Gasteiger partial charge in [0.15, 0.2) is 0 Å². The molecule has 2 aromatic rings. The minimum Gasteiger partial charge on any atom is -0.497 e. The zero-order valence-electron chi connectivity index (χ0n) is 12.7. The normalized spacial score (nSPS) is 13.9. The summed E-state index contributed by atoms with van der Waals surface area (Å²) in [6, 6.07) is 3.84. The van der Waals surface area contributed by atoms with Crippen LogP contribution in [0.4, 0.5) is 5.69 Å². The summed E-state index contributed by atoms with van der Waals surface area (Å²) in [6.07, 6.45) is 0.837. The van der Waals surface area contributed by atoms with Crippen molar-refractivity contribution >= 4 is 16.6 Å². The molecule has 3 rings (SSSR count). The van der Waals surface area contributed by atoms with E-state index in [-0.39, 0.29) is 0 Å². The van der Waals surface area contributed by atoms with Crippen molar-refractivity contribution in [2.24, 2.45) is 0 Å². The molecule has 0 unspecified atom stereocenters. The van der Waals surface area contributed by atoms with E-state index in [2.05, 4.69) is 12.2 Å². The third kappa shape index (κ3) is 2.38. The molecule has 0 bridgehead atoms. The summed E-state index contributed by atoms with van der Waals surface area (Å²) in [5, 5.41) is 4.44. The van der Waals surface area contributed by atoms with Gasteiger partial charge >= 0.3 is 0 Å². The van der Waals surface area contributed by atoms with E-state index in [0.29, 0.717) is 6.61 Å². The molecule has 0 radical (unpaired) electrons. The number of ether oxygens (including phenoxy) is 3. The first-order valence-corrected chi connectivity index (χ1v) is 7.17. The average molecular weight is 288 g/mol. The van der Waals surface area contributed by atoms with E-state index in [1.165, 1.54) is 0 Å². The summed E-state index contributed by atoms with van der Waals surface area (Å²) in [5.74, 6) is 1.52. The van der Waals surface area contributed by atoms with Crippen LogP contribution in [0.3, 0.4) is 0 Å². The summed E-state index contributed by atoms with van der Waals surface area (Å²) < 4.78 is 16.5. The standard InChI is InChI=1S/C16H20N2O3/c1-4-17-16-11-9-21-6-5-12(11)18-13-7-10(19-2)8-14(20-3)15(13)16/h7-8H,4-6,9H2,1-3H3,(H,17,18). The summed E-state index contributed by atoms with van der Waals surface area (Å²) in [5.41, 5.74) is 4.19. The molecular formula is C16H20N2O3. The van der Waals surface area contributed by atoms with Gasteiger partial charge in [-0.2, -0.15) is 0 Å². The van der Waals surface area contributed by atoms with E-state index in [4.69, 9.17) is 19.2 Å². The monoisotopic (exact) mass is 288 g/mol. The molecule has 0 aliphatic carbocycles. The van der Waals surface area contributed by atoms with E-state index in [9.17, 15) is 0 Å². The molecule has 21 heavy (non-hydrogen) atoms. The van der Waals surface area contributed by atoms with Gasteiger partial charge in [-0.3, -0.25) is 4.98 Å². The second kappa shape index (κ2) is 5.77. The molecule has 0 saturated heterocycles. The highest BCUT2D eigenvalue weighted by Crippen LogP contribution is 2.39. The quantitative estimate of drug-likeness (QED) is 0.937. The Morgan fingerprint density at radius 3 is 2.86 bits per heavy atom. The third-order valence-electron chi connectivity index (χ3n) is 3.75. The fourth-order valence-electron chi connectivity index (χ4n) is 2.78. The van der Waals surface area contributed by atoms with Gasteiger partial charge in [0.1, 0.15) is 11.5 Å². The van der Waals surface area contributed by atoms with Crippen molar-refractivity contribution < 1.29 is 14.2 Å². The molecule has 112 valence electrons. The molecule has 1 N–H and O–H groups in total. The molecule has 0 atom stereocenters. The van der Waals surface area contributed by atoms with Crippen LogP contribution in [-0.4, -0.2) is 32.4 Å². The van der Waals surface area contributed by atoms with Crippen LogP contribution in [0.2, 0.25) is 0 Å². The Balaban J connectivity index is 2.34. The van der Waals surface area contributed by atoms with Gasteiger partial charge in [-0.1, -0.05) is 0 Å². The Kier molecular flexibility index (Phi) is 3.84. The number of methoxy groups -OCH3 is 2. The lowest BCUT2D eigenvalue weighted by Gasteiger charge is -2.22. The van der Waals surface area contributed by atoms with E-state index in [1.807, 2.05) is 12.1 Å². The number of benzene rings is 1. The van der Waals surface area contributed by atoms with Crippen LogP contribution >= 0.6 is 0 Å². The van der Waals surface area contributed by atoms with Crippen LogP contribution in [0.25, 0.3) is 10.9 Å². The number of nitrogens with zero attached hydrogens (tertiary/aromatic N) is 1. The number of rotatable bonds is 4. The molecule has 5 heteroatoms. The summed E-state index contributed by atoms with van der Waals surface area (Å²) in [4.78, 5) is 4.80. The van der Waals surface area contributed by atoms with Crippen LogP contribution in [0.5, 0.6) is 11.5 Å². The third-order valence-corrected chi connectivity index (χ3v) is 3.75. The smallest absolute Gasteiger partial charge is 0.134 e. The molecule has 0 saturated carbocycles. The predicted octanol–water partition coefficient (Wildman–Crippen LogP) is 2.76. The zero-order chi connectivity index (χ0) is 14.8. The van der Waals surface area contributed by atoms with Crippen LogP contribution in [0.15, 0.2) is 12.1 Å². The topological polar surface area (TPSA) is 52.6 Å². The Morgan fingerprint density at radius 1 is 1.29 bits per heavy atom. The molecule has 1 aromatic heterocycles. The summed E-state index contributed by atoms with van der Waals surface area (Å²) in [7, 11) is 3.32. The van der Waals surface area contributed by atoms with Crippen LogP contribution in [0, 0.1) is 0 Å². The largest absolute Gasteiger partial charge is 0.497 e. The number of aromatic nitrogens is 1. The fraction of sp³-hybridized carbons (Fsp3) is 0.438. The second-order valence-corrected chi connectivity index (χ2v) is 4.97. The van der Waals surface area contributed by atoms with Crippen molar-refractivity contribution in [3.63, 3.8) is 0 Å². The van der Waals surface area contributed by atoms with Gasteiger partial charge in [-0.15, -0.1) is 0 Å². The maximum absolute atomic E-state index is 5.60. The minimum atomic E-state index is 0.593. The van der Waals surface area contributed by atoms with Crippen LogP contribution in [-0.2, 0) is 17.8 Å². The first-order valence-electron chi connectivity index (χ1n) is 7.17. The molecule has 1 aromatic carbocycles. The predicted molar refractivity (Wildman–Crippen MR) is 82.4 cm³/mol. The maximum atomic E-state index is 5.60. The molecule has 0 spiro atoms. The molecule has 0 fully saturated rings. The number of pyridine rings is 1. The fourth-order valence-corrected chi connectivity index (χ4v) is 2.78. The van der Waals surface area contributed by atoms with Gasteiger partial charge in [0, 0.05) is 30.7 Å². The SMILES string of the molecule is CCNc1c2c(nc3cc(OC)cc(OC)c13)CCOC2. The highest BCUT2D eigenvalue weighted by molar-refractivity contribution is 5.99. The lowest BCUT2D eigenvalue weighted by atomic mass is 10.0. The van der Waals surface area contributed by atoms with Gasteiger partial charge in [-0.05, 0) is 6.92 Å². The van der Waals surface area contributed by atoms with Gasteiger partial charge in [0.05, 0.1) is 49.7 Å². The molecule has 5 nitrogen and oxygen atoms in total. The zero-order valence-corrected chi connectivity index (χ0v) is 12.7. The average Bonchev–Trinajstić information content (AvgIpc) is 2.53. The number of anilines is 1. The van der Waals surface area contributed by atoms with Gasteiger partial charge < -0.3 is 19.5 Å². The van der Waals surface area contributed by atoms with E-state index in [0.717, 1.165) is 58.9 Å². The molecule has 0 amide bonds. The number of nitrogens with one attached hydrogen (secondary N) is 1. The van der Waals surface area contributed by atoms with Crippen molar-refractivity contribution in [1.82, 2.24) is 4.98 Å². The van der Waals surface area contributed by atoms with Crippen LogP contribution in [0.1, 0.15) is 18.2 Å². The number of hydrogen-bond acceptors (Lipinski definition) is 5. The lowest BCUT2D eigenvalue weighted by molar-refractivity contribution is 0.110. The first-order chi connectivity index (χ1) is 10.3. The Morgan fingerprint density at radius 2 is 2.14 bits per heavy atom. The Hall–Kier alpha value is -2.01. The highest BCUT2D eigenvalue weighted by atomic mass is 16.5. The lowest BCUT2D eigenvalue weighted by Crippen LogP contribution is -2.15. The summed E-state index contributed by atoms with van der Waals surface area (Å²) in [6.45, 7) is 4.23. The van der Waals surface area contributed by atoms with Crippen molar-refractivity contribution in [2.45, 2.75) is 20.0 Å². The maximum Gasteiger partial charge on any atom is 0.134 e. The Bertz CT molecular complexity index is 670. The van der Waals surface area contributed by atoms with Gasteiger partial charge in [0.25, 0.3) is 0 Å². The molecular weight excluding hydrogens is 268 g/mol. The van der Waals surface area contributed by atoms with E-state index < -0.39 is 0 Å². The minimum absolute atomic E-state index is 0.593.